The van der Waals surface area contributed by atoms with Crippen LogP contribution < -0.4 is 26.9 Å². The predicted octanol–water partition coefficient (Wildman–Crippen LogP) is 5.48. The monoisotopic (exact) mass is 787 g/mol. The molecule has 0 radical (unpaired) electrons. The zero-order valence-corrected chi connectivity index (χ0v) is 32.9. The van der Waals surface area contributed by atoms with Crippen molar-refractivity contribution in [1.29, 1.82) is 0 Å². The Balaban J connectivity index is 1.47. The maximum atomic E-state index is 14.1. The molecule has 13 nitrogen and oxygen atoms in total. The summed E-state index contributed by atoms with van der Waals surface area (Å²) in [5.41, 5.74) is 16.9. The Labute approximate surface area is 335 Å². The van der Waals surface area contributed by atoms with Crippen LogP contribution in [0, 0.1) is 5.92 Å². The molecule has 2 aromatic carbocycles. The number of aromatic nitrogens is 2. The summed E-state index contributed by atoms with van der Waals surface area (Å²) < 4.78 is 20.3. The maximum absolute atomic E-state index is 14.1. The van der Waals surface area contributed by atoms with Crippen molar-refractivity contribution in [2.45, 2.75) is 89.4 Å². The summed E-state index contributed by atoms with van der Waals surface area (Å²) >= 11 is 0. The first-order valence-electron chi connectivity index (χ1n) is 19.9. The molecule has 8 N–H and O–H groups in total. The molecule has 5 unspecified atom stereocenters. The average Bonchev–Trinajstić information content (AvgIpc) is 3.26. The van der Waals surface area contributed by atoms with E-state index in [1.165, 1.54) is 6.07 Å². The Kier molecular flexibility index (Phi) is 10.4. The van der Waals surface area contributed by atoms with Crippen LogP contribution in [0.3, 0.4) is 0 Å². The third-order valence-electron chi connectivity index (χ3n) is 12.5. The summed E-state index contributed by atoms with van der Waals surface area (Å²) in [4.78, 5) is 37.2. The lowest BCUT2D eigenvalue weighted by atomic mass is 9.68. The highest BCUT2D eigenvalue weighted by Gasteiger charge is 2.53. The van der Waals surface area contributed by atoms with Gasteiger partial charge in [0.15, 0.2) is 5.43 Å². The predicted molar refractivity (Wildman–Crippen MR) is 219 cm³/mol. The fourth-order valence-electron chi connectivity index (χ4n) is 9.42. The number of esters is 1. The van der Waals surface area contributed by atoms with Crippen LogP contribution in [-0.2, 0) is 41.8 Å². The molecule has 13 heteroatoms. The fraction of sp³-hybridized carbons (Fsp3) is 0.378. The molecule has 5 heterocycles. The Hall–Kier alpha value is -5.92. The minimum Gasteiger partial charge on any atom is -0.508 e. The van der Waals surface area contributed by atoms with Gasteiger partial charge in [0.05, 0.1) is 0 Å². The molecule has 0 saturated heterocycles. The van der Waals surface area contributed by atoms with Crippen molar-refractivity contribution in [3.8, 4) is 17.2 Å². The Bertz CT molecular complexity index is 2500. The molecular formula is C45H49N5O8. The maximum Gasteiger partial charge on any atom is 0.335 e. The number of aliphatic hydroxyl groups excluding tert-OH is 1. The number of benzene rings is 2. The van der Waals surface area contributed by atoms with Crippen LogP contribution in [0.2, 0.25) is 0 Å². The number of nitrogens with one attached hydrogen (secondary N) is 1. The van der Waals surface area contributed by atoms with Gasteiger partial charge in [-0.15, -0.1) is 0 Å². The highest BCUT2D eigenvalue weighted by atomic mass is 16.6. The molecule has 58 heavy (non-hydrogen) atoms. The second-order valence-corrected chi connectivity index (χ2v) is 15.9. The first-order valence-corrected chi connectivity index (χ1v) is 19.9. The van der Waals surface area contributed by atoms with Gasteiger partial charge in [-0.3, -0.25) is 4.79 Å². The highest BCUT2D eigenvalue weighted by molar-refractivity contribution is 5.92. The van der Waals surface area contributed by atoms with Crippen LogP contribution in [0.5, 0.6) is 17.2 Å². The second-order valence-electron chi connectivity index (χ2n) is 15.9. The minimum atomic E-state index is -1.25. The number of rotatable bonds is 8. The summed E-state index contributed by atoms with van der Waals surface area (Å²) in [5, 5.41) is 36.5. The topological polar surface area (TPSA) is 216 Å². The third-order valence-corrected chi connectivity index (χ3v) is 12.5. The van der Waals surface area contributed by atoms with Gasteiger partial charge in [-0.2, -0.15) is 0 Å². The van der Waals surface area contributed by atoms with Gasteiger partial charge >= 0.3 is 5.97 Å². The molecule has 0 fully saturated rings. The zero-order chi connectivity index (χ0) is 40.9. The van der Waals surface area contributed by atoms with Crippen molar-refractivity contribution in [2.75, 3.05) is 24.6 Å². The van der Waals surface area contributed by atoms with Crippen molar-refractivity contribution in [2.24, 2.45) is 5.92 Å². The van der Waals surface area contributed by atoms with E-state index in [2.05, 4.69) is 15.3 Å². The number of pyridine rings is 2. The lowest BCUT2D eigenvalue weighted by Crippen LogP contribution is -2.57. The number of carbonyl (C=O) groups excluding carboxylic acids is 1. The number of hydrogen-bond acceptors (Lipinski definition) is 13. The van der Waals surface area contributed by atoms with Crippen LogP contribution in [-0.4, -0.2) is 56.1 Å². The van der Waals surface area contributed by atoms with E-state index in [4.69, 9.17) is 25.4 Å². The number of likely N-dealkylation sites (N-methyl/N-ethyl adjacent to an activating group) is 1. The second kappa shape index (κ2) is 15.4. The molecular weight excluding hydrogens is 739 g/mol. The number of aryl methyl sites for hydroxylation is 1. The average molecular weight is 788 g/mol. The number of hydrogen-bond donors (Lipinski definition) is 6. The molecule has 3 aromatic heterocycles. The van der Waals surface area contributed by atoms with Crippen molar-refractivity contribution in [3.05, 3.63) is 121 Å². The first kappa shape index (κ1) is 38.9. The lowest BCUT2D eigenvalue weighted by Gasteiger charge is -2.49. The van der Waals surface area contributed by atoms with E-state index in [9.17, 15) is 24.9 Å². The number of nitrogens with two attached hydrogens (primary N) is 2. The SMILES string of the molecule is CC=C(CNCC)C(=O)OC1Cc2c3c(c4oc(CO)cc(=O)c4c2O)C2Cc4cc(O)ccc4CCC(CC(Cc4ccc(N)nc4)C1(C)O3)c1c2ccnc1N. The van der Waals surface area contributed by atoms with E-state index >= 15 is 0 Å². The highest BCUT2D eigenvalue weighted by Crippen LogP contribution is 2.56. The fourth-order valence-corrected chi connectivity index (χ4v) is 9.42. The number of carbonyl (C=O) groups is 1. The number of nitrogen functional groups attached to an aromatic ring is 2. The van der Waals surface area contributed by atoms with E-state index in [0.29, 0.717) is 79.3 Å². The number of anilines is 2. The summed E-state index contributed by atoms with van der Waals surface area (Å²) in [7, 11) is 0. The number of fused-ring (bicyclic) bond motifs is 5. The summed E-state index contributed by atoms with van der Waals surface area (Å²) in [6, 6.07) is 12.2. The first-order chi connectivity index (χ1) is 27.9. The molecule has 1 aliphatic carbocycles. The quantitative estimate of drug-likeness (QED) is 0.0850. The van der Waals surface area contributed by atoms with Crippen molar-refractivity contribution < 1.29 is 34.0 Å². The lowest BCUT2D eigenvalue weighted by molar-refractivity contribution is -0.165. The van der Waals surface area contributed by atoms with E-state index in [0.717, 1.165) is 27.8 Å². The molecule has 3 aliphatic rings. The van der Waals surface area contributed by atoms with Gasteiger partial charge in [-0.05, 0) is 105 Å². The number of nitrogens with zero attached hydrogens (tertiary/aromatic N) is 2. The van der Waals surface area contributed by atoms with E-state index in [1.807, 2.05) is 32.0 Å². The number of allylic oxidation sites excluding steroid dienone is 1. The van der Waals surface area contributed by atoms with Gasteiger partial charge in [-0.25, -0.2) is 14.8 Å². The molecule has 8 rings (SSSR count). The van der Waals surface area contributed by atoms with Gasteiger partial charge in [0.2, 0.25) is 0 Å². The normalized spacial score (nSPS) is 22.5. The van der Waals surface area contributed by atoms with E-state index < -0.39 is 35.6 Å². The standard InChI is InChI=1S/C45H49N5O8/c1-4-24(21-48-5-2)44(55)57-35-19-33-40(54)39-34(53)18-30(22-51)56-42(39)38-32-17-27-16-29(52)10-9-25(27)7-8-26(37-31(32)12-13-49-43(37)47)15-28(45(35,3)58-41(33)38)14-23-6-11-36(46)50-20-23/h4,6,9-13,16,18,20,26,28,32,35,48,51-52,54H,5,7-8,14-15,17,19,21-22H2,1-3H3,(H2,46,50)(H2,47,49). The molecule has 0 spiro atoms. The number of aromatic hydroxyl groups is 2. The van der Waals surface area contributed by atoms with Gasteiger partial charge in [-0.1, -0.05) is 25.1 Å². The molecule has 5 aromatic rings. The molecule has 4 bridgehead atoms. The number of ether oxygens (including phenoxy) is 2. The van der Waals surface area contributed by atoms with Gasteiger partial charge in [0, 0.05) is 65.5 Å². The van der Waals surface area contributed by atoms with Crippen molar-refractivity contribution in [1.82, 2.24) is 15.3 Å². The van der Waals surface area contributed by atoms with Gasteiger partial charge in [0.25, 0.3) is 0 Å². The van der Waals surface area contributed by atoms with Gasteiger partial charge in [0.1, 0.15) is 63.9 Å². The summed E-state index contributed by atoms with van der Waals surface area (Å²) in [5.74, 6) is -0.889. The number of phenolic OH excluding ortho intramolecular Hbond substituents is 2. The molecule has 5 atom stereocenters. The van der Waals surface area contributed by atoms with Crippen LogP contribution in [0.25, 0.3) is 11.0 Å². The molecule has 0 amide bonds. The van der Waals surface area contributed by atoms with Crippen LogP contribution in [0.4, 0.5) is 11.6 Å². The molecule has 2 aliphatic heterocycles. The summed E-state index contributed by atoms with van der Waals surface area (Å²) in [6.07, 6.45) is 6.82. The number of aliphatic hydroxyl groups is 1. The Morgan fingerprint density at radius 2 is 1.91 bits per heavy atom. The van der Waals surface area contributed by atoms with E-state index in [1.54, 1.807) is 43.6 Å². The number of phenols is 2. The van der Waals surface area contributed by atoms with Gasteiger partial charge < -0.3 is 46.0 Å². The largest absolute Gasteiger partial charge is 0.508 e. The zero-order valence-electron chi connectivity index (χ0n) is 32.9. The third kappa shape index (κ3) is 6.81. The smallest absolute Gasteiger partial charge is 0.335 e. The molecule has 302 valence electrons. The minimum absolute atomic E-state index is 0.0114. The van der Waals surface area contributed by atoms with E-state index in [-0.39, 0.29) is 46.5 Å². The van der Waals surface area contributed by atoms with Crippen LogP contribution in [0.15, 0.2) is 75.7 Å². The van der Waals surface area contributed by atoms with Crippen LogP contribution >= 0.6 is 0 Å². The molecule has 0 saturated carbocycles. The van der Waals surface area contributed by atoms with Crippen LogP contribution in [0.1, 0.15) is 90.2 Å². The van der Waals surface area contributed by atoms with Crippen molar-refractivity contribution >= 4 is 28.6 Å². The van der Waals surface area contributed by atoms with Crippen molar-refractivity contribution in [3.63, 3.8) is 0 Å². The Morgan fingerprint density at radius 3 is 2.66 bits per heavy atom. The Morgan fingerprint density at radius 1 is 1.09 bits per heavy atom. The summed E-state index contributed by atoms with van der Waals surface area (Å²) in [6.45, 7) is 6.07.